The number of nitrogens with one attached hydrogen (secondary N) is 4. The molecule has 0 rings (SSSR count). The smallest absolute Gasteiger partial charge is 0.338 e. The number of hydrogen-bond donors (Lipinski definition) is 7. The number of hydrogen-bond acceptors (Lipinski definition) is 7. The number of aliphatic carboxylic acids is 2. The van der Waals surface area contributed by atoms with Gasteiger partial charge in [-0.2, -0.15) is 0 Å². The normalized spacial score (nSPS) is 14.6. The van der Waals surface area contributed by atoms with Crippen molar-refractivity contribution in [3.8, 4) is 0 Å². The topological polar surface area (TPSA) is 217 Å². The van der Waals surface area contributed by atoms with Crippen LogP contribution in [0, 0.1) is 11.8 Å². The maximum atomic E-state index is 12.7. The lowest BCUT2D eigenvalue weighted by Gasteiger charge is -2.25. The molecule has 0 spiro atoms. The van der Waals surface area contributed by atoms with E-state index in [4.69, 9.17) is 15.9 Å². The summed E-state index contributed by atoms with van der Waals surface area (Å²) >= 11 is 0. The van der Waals surface area contributed by atoms with E-state index in [1.807, 2.05) is 19.2 Å². The van der Waals surface area contributed by atoms with Crippen LogP contribution in [-0.2, 0) is 28.8 Å². The summed E-state index contributed by atoms with van der Waals surface area (Å²) in [6.45, 7) is 10.0. The summed E-state index contributed by atoms with van der Waals surface area (Å²) in [7, 11) is 0. The van der Waals surface area contributed by atoms with E-state index >= 15 is 0 Å². The van der Waals surface area contributed by atoms with Gasteiger partial charge < -0.3 is 37.2 Å². The third-order valence-electron chi connectivity index (χ3n) is 4.63. The molecule has 4 atom stereocenters. The number of carboxylic acid groups (broad SMARTS) is 2. The van der Waals surface area contributed by atoms with Gasteiger partial charge in [-0.05, 0) is 38.5 Å². The van der Waals surface area contributed by atoms with Crippen LogP contribution in [0.1, 0.15) is 54.4 Å². The van der Waals surface area contributed by atoms with Gasteiger partial charge in [-0.3, -0.25) is 19.2 Å². The van der Waals surface area contributed by atoms with Crippen molar-refractivity contribution in [2.75, 3.05) is 0 Å². The van der Waals surface area contributed by atoms with Gasteiger partial charge in [0, 0.05) is 0 Å². The highest BCUT2D eigenvalue weighted by atomic mass is 16.4. The highest BCUT2D eigenvalue weighted by molar-refractivity contribution is 6.02. The lowest BCUT2D eigenvalue weighted by molar-refractivity contribution is -0.153. The molecule has 0 aromatic rings. The second-order valence-electron chi connectivity index (χ2n) is 9.02. The minimum absolute atomic E-state index is 0.0452. The van der Waals surface area contributed by atoms with Crippen LogP contribution in [0.25, 0.3) is 0 Å². The van der Waals surface area contributed by atoms with Crippen molar-refractivity contribution < 1.29 is 39.0 Å². The molecule has 0 bridgehead atoms. The van der Waals surface area contributed by atoms with Gasteiger partial charge in [-0.1, -0.05) is 27.7 Å². The molecule has 0 aromatic heterocycles. The lowest BCUT2D eigenvalue weighted by Crippen LogP contribution is -2.58. The summed E-state index contributed by atoms with van der Waals surface area (Å²) in [5.41, 5.74) is 5.54. The molecule has 194 valence electrons. The van der Waals surface area contributed by atoms with Crippen LogP contribution in [0.15, 0.2) is 0 Å². The van der Waals surface area contributed by atoms with Gasteiger partial charge in [0.05, 0.1) is 6.04 Å². The van der Waals surface area contributed by atoms with E-state index in [2.05, 4.69) is 16.0 Å². The molecule has 8 N–H and O–H groups in total. The summed E-state index contributed by atoms with van der Waals surface area (Å²) in [4.78, 5) is 71.9. The van der Waals surface area contributed by atoms with Crippen molar-refractivity contribution in [1.29, 1.82) is 0 Å². The first kappa shape index (κ1) is 30.8. The fraction of sp³-hybridized carbons (Fsp3) is 0.714. The van der Waals surface area contributed by atoms with Gasteiger partial charge in [-0.15, -0.1) is 0 Å². The molecule has 0 saturated carbocycles. The number of rotatable bonds is 14. The third-order valence-corrected chi connectivity index (χ3v) is 4.63. The highest BCUT2D eigenvalue weighted by Crippen LogP contribution is 2.08. The summed E-state index contributed by atoms with van der Waals surface area (Å²) in [5, 5.41) is 27.2. The van der Waals surface area contributed by atoms with E-state index < -0.39 is 65.8 Å². The van der Waals surface area contributed by atoms with Crippen LogP contribution >= 0.6 is 0 Å². The predicted molar refractivity (Wildman–Crippen MR) is 121 cm³/mol. The van der Waals surface area contributed by atoms with Crippen molar-refractivity contribution in [2.24, 2.45) is 17.6 Å². The van der Waals surface area contributed by atoms with Crippen LogP contribution in [0.2, 0.25) is 0 Å². The van der Waals surface area contributed by atoms with E-state index in [9.17, 15) is 28.8 Å². The van der Waals surface area contributed by atoms with Gasteiger partial charge in [0.1, 0.15) is 18.1 Å². The zero-order valence-corrected chi connectivity index (χ0v) is 20.4. The third kappa shape index (κ3) is 11.1. The molecule has 0 aromatic carbocycles. The molecule has 34 heavy (non-hydrogen) atoms. The largest absolute Gasteiger partial charge is 0.479 e. The Morgan fingerprint density at radius 1 is 0.618 bits per heavy atom. The molecule has 13 heteroatoms. The maximum absolute atomic E-state index is 12.7. The van der Waals surface area contributed by atoms with E-state index in [-0.39, 0.29) is 18.3 Å². The van der Waals surface area contributed by atoms with Crippen LogP contribution < -0.4 is 27.0 Å². The second-order valence-corrected chi connectivity index (χ2v) is 9.02. The molecule has 0 unspecified atom stereocenters. The van der Waals surface area contributed by atoms with Crippen LogP contribution in [0.3, 0.4) is 0 Å². The van der Waals surface area contributed by atoms with Gasteiger partial charge in [0.15, 0.2) is 0 Å². The molecule has 0 heterocycles. The van der Waals surface area contributed by atoms with Crippen LogP contribution in [-0.4, -0.2) is 76.0 Å². The first-order chi connectivity index (χ1) is 15.6. The first-order valence-corrected chi connectivity index (χ1v) is 11.0. The molecule has 0 aliphatic heterocycles. The van der Waals surface area contributed by atoms with Crippen molar-refractivity contribution >= 4 is 35.6 Å². The van der Waals surface area contributed by atoms with Gasteiger partial charge in [-0.25, -0.2) is 9.59 Å². The van der Waals surface area contributed by atoms with Crippen molar-refractivity contribution in [2.45, 2.75) is 84.6 Å². The monoisotopic (exact) mass is 487 g/mol. The molecule has 13 nitrogen and oxygen atoms in total. The molecule has 4 amide bonds. The van der Waals surface area contributed by atoms with Crippen molar-refractivity contribution in [3.63, 3.8) is 0 Å². The highest BCUT2D eigenvalue weighted by Gasteiger charge is 2.33. The SMILES string of the molecule is CC(C)C[C@H](NC(=O)[C@H](C)N)C(=O)N[C@@H](C)C(=O)N[C@@H](CC(C)C)C(=O)NC(C(=O)O)C(=O)O. The first-order valence-electron chi connectivity index (χ1n) is 11.0. The lowest BCUT2D eigenvalue weighted by atomic mass is 10.0. The standard InChI is InChI=1S/C21H37N5O8/c1-9(2)7-13(24-16(27)11(5)22)18(29)23-12(6)17(28)25-14(8-10(3)4)19(30)26-15(20(31)32)21(33)34/h9-15H,7-8,22H2,1-6H3,(H,23,29)(H,24,27)(H,25,28)(H,26,30)(H,31,32)(H,33,34)/t11-,12-,13-,14-/m0/s1. The van der Waals surface area contributed by atoms with Crippen molar-refractivity contribution in [3.05, 3.63) is 0 Å². The Bertz CT molecular complexity index is 754. The number of carbonyl (C=O) groups excluding carboxylic acids is 4. The van der Waals surface area contributed by atoms with E-state index in [0.717, 1.165) is 0 Å². The second kappa shape index (κ2) is 14.1. The molecular weight excluding hydrogens is 450 g/mol. The summed E-state index contributed by atoms with van der Waals surface area (Å²) < 4.78 is 0. The Balaban J connectivity index is 5.37. The van der Waals surface area contributed by atoms with Gasteiger partial charge in [0.25, 0.3) is 0 Å². The maximum Gasteiger partial charge on any atom is 0.338 e. The van der Waals surface area contributed by atoms with E-state index in [1.54, 1.807) is 13.8 Å². The number of carboxylic acids is 2. The zero-order valence-electron chi connectivity index (χ0n) is 20.4. The Morgan fingerprint density at radius 2 is 1.00 bits per heavy atom. The predicted octanol–water partition coefficient (Wildman–Crippen LogP) is -1.45. The summed E-state index contributed by atoms with van der Waals surface area (Å²) in [6.07, 6.45) is 0.382. The summed E-state index contributed by atoms with van der Waals surface area (Å²) in [6, 6.07) is -6.31. The molecular formula is C21H37N5O8. The number of nitrogens with two attached hydrogens (primary N) is 1. The average Bonchev–Trinajstić information content (AvgIpc) is 2.69. The molecule has 0 saturated heterocycles. The minimum atomic E-state index is -2.18. The van der Waals surface area contributed by atoms with E-state index in [1.165, 1.54) is 13.8 Å². The number of amides is 4. The average molecular weight is 488 g/mol. The van der Waals surface area contributed by atoms with Gasteiger partial charge >= 0.3 is 11.9 Å². The summed E-state index contributed by atoms with van der Waals surface area (Å²) in [5.74, 6) is -6.48. The van der Waals surface area contributed by atoms with Crippen LogP contribution in [0.4, 0.5) is 0 Å². The van der Waals surface area contributed by atoms with Gasteiger partial charge in [0.2, 0.25) is 29.7 Å². The zero-order chi connectivity index (χ0) is 26.7. The van der Waals surface area contributed by atoms with E-state index in [0.29, 0.717) is 6.42 Å². The van der Waals surface area contributed by atoms with Crippen molar-refractivity contribution in [1.82, 2.24) is 21.3 Å². The van der Waals surface area contributed by atoms with Crippen LogP contribution in [0.5, 0.6) is 0 Å². The molecule has 0 fully saturated rings. The number of carbonyl (C=O) groups is 6. The quantitative estimate of drug-likeness (QED) is 0.142. The molecule has 0 aliphatic rings. The fourth-order valence-electron chi connectivity index (χ4n) is 2.86. The molecule has 0 radical (unpaired) electrons. The Hall–Kier alpha value is -3.22. The Labute approximate surface area is 198 Å². The fourth-order valence-corrected chi connectivity index (χ4v) is 2.86. The molecule has 0 aliphatic carbocycles. The Morgan fingerprint density at radius 3 is 1.35 bits per heavy atom. The minimum Gasteiger partial charge on any atom is -0.479 e. The Kier molecular flexibility index (Phi) is 12.8.